The summed E-state index contributed by atoms with van der Waals surface area (Å²) in [5.41, 5.74) is 3.28. The van der Waals surface area contributed by atoms with Crippen LogP contribution in [-0.2, 0) is 11.3 Å². The predicted molar refractivity (Wildman–Crippen MR) is 90.2 cm³/mol. The van der Waals surface area contributed by atoms with Crippen molar-refractivity contribution in [2.45, 2.75) is 33.7 Å². The molecule has 0 saturated carbocycles. The van der Waals surface area contributed by atoms with Gasteiger partial charge in [0, 0.05) is 36.1 Å². The highest BCUT2D eigenvalue weighted by Gasteiger charge is 2.07. The molecule has 0 aliphatic rings. The Bertz CT molecular complexity index is 595. The number of benzene rings is 1. The molecule has 1 N–H and O–H groups in total. The van der Waals surface area contributed by atoms with Crippen molar-refractivity contribution in [1.29, 1.82) is 0 Å². The largest absolute Gasteiger partial charge is 0.382 e. The van der Waals surface area contributed by atoms with Crippen LogP contribution in [0.15, 0.2) is 28.9 Å². The van der Waals surface area contributed by atoms with Crippen LogP contribution in [0.5, 0.6) is 0 Å². The van der Waals surface area contributed by atoms with Crippen LogP contribution in [0.2, 0.25) is 0 Å². The maximum atomic E-state index is 5.39. The Hall–Kier alpha value is -1.33. The molecule has 1 heterocycles. The third-order valence-corrected chi connectivity index (χ3v) is 3.73. The van der Waals surface area contributed by atoms with E-state index in [9.17, 15) is 0 Å². The molecule has 1 aromatic heterocycles. The first-order valence-corrected chi connectivity index (χ1v) is 8.04. The monoisotopic (exact) mass is 351 g/mol. The molecule has 21 heavy (non-hydrogen) atoms. The minimum absolute atomic E-state index is 0.769. The maximum Gasteiger partial charge on any atom is 0.207 e. The zero-order valence-corrected chi connectivity index (χ0v) is 14.4. The first-order valence-electron chi connectivity index (χ1n) is 7.25. The van der Waals surface area contributed by atoms with Gasteiger partial charge in [0.25, 0.3) is 0 Å². The second-order valence-electron chi connectivity index (χ2n) is 5.03. The van der Waals surface area contributed by atoms with Crippen molar-refractivity contribution in [3.05, 3.63) is 40.1 Å². The van der Waals surface area contributed by atoms with Gasteiger partial charge in [0.1, 0.15) is 0 Å². The molecular weight excluding hydrogens is 330 g/mol. The zero-order chi connectivity index (χ0) is 15.2. The molecule has 114 valence electrons. The lowest BCUT2D eigenvalue weighted by Crippen LogP contribution is -2.06. The van der Waals surface area contributed by atoms with E-state index in [1.807, 2.05) is 19.9 Å². The van der Waals surface area contributed by atoms with E-state index in [0.717, 1.165) is 48.0 Å². The number of nitrogens with one attached hydrogen (secondary N) is 1. The van der Waals surface area contributed by atoms with Crippen LogP contribution < -0.4 is 5.32 Å². The van der Waals surface area contributed by atoms with E-state index in [1.165, 1.54) is 5.56 Å². The summed E-state index contributed by atoms with van der Waals surface area (Å²) < 4.78 is 8.60. The molecule has 0 aliphatic carbocycles. The smallest absolute Gasteiger partial charge is 0.207 e. The van der Waals surface area contributed by atoms with Crippen molar-refractivity contribution in [3.8, 4) is 0 Å². The number of aryl methyl sites for hydroxylation is 3. The molecule has 0 atom stereocenters. The lowest BCUT2D eigenvalue weighted by Gasteiger charge is -2.12. The molecule has 0 spiro atoms. The van der Waals surface area contributed by atoms with E-state index in [0.29, 0.717) is 0 Å². The number of rotatable bonds is 7. The topological polar surface area (TPSA) is 39.1 Å². The Morgan fingerprint density at radius 1 is 1.33 bits per heavy atom. The van der Waals surface area contributed by atoms with Gasteiger partial charge >= 0.3 is 0 Å². The van der Waals surface area contributed by atoms with Crippen LogP contribution in [0, 0.1) is 13.8 Å². The molecule has 0 bridgehead atoms. The molecule has 2 rings (SSSR count). The summed E-state index contributed by atoms with van der Waals surface area (Å²) in [7, 11) is 0. The molecule has 0 amide bonds. The van der Waals surface area contributed by atoms with Crippen LogP contribution in [0.4, 0.5) is 11.6 Å². The predicted octanol–water partition coefficient (Wildman–Crippen LogP) is 4.43. The molecule has 0 saturated heterocycles. The highest BCUT2D eigenvalue weighted by molar-refractivity contribution is 9.10. The first kappa shape index (κ1) is 16.0. The van der Waals surface area contributed by atoms with Gasteiger partial charge in [-0.25, -0.2) is 4.98 Å². The summed E-state index contributed by atoms with van der Waals surface area (Å²) in [5.74, 6) is 0.880. The van der Waals surface area contributed by atoms with E-state index < -0.39 is 0 Å². The van der Waals surface area contributed by atoms with Gasteiger partial charge < -0.3 is 14.6 Å². The normalized spacial score (nSPS) is 10.9. The van der Waals surface area contributed by atoms with E-state index in [1.54, 1.807) is 0 Å². The number of hydrogen-bond acceptors (Lipinski definition) is 3. The van der Waals surface area contributed by atoms with Crippen LogP contribution in [0.25, 0.3) is 0 Å². The Morgan fingerprint density at radius 2 is 2.14 bits per heavy atom. The molecule has 0 unspecified atom stereocenters. The van der Waals surface area contributed by atoms with E-state index in [-0.39, 0.29) is 0 Å². The lowest BCUT2D eigenvalue weighted by atomic mass is 10.2. The van der Waals surface area contributed by atoms with E-state index >= 15 is 0 Å². The van der Waals surface area contributed by atoms with Gasteiger partial charge in [0.2, 0.25) is 5.95 Å². The molecule has 4 nitrogen and oxygen atoms in total. The fourth-order valence-electron chi connectivity index (χ4n) is 2.15. The van der Waals surface area contributed by atoms with E-state index in [4.69, 9.17) is 4.74 Å². The average molecular weight is 352 g/mol. The molecular formula is C16H22BrN3O. The molecule has 5 heteroatoms. The molecule has 2 aromatic rings. The Morgan fingerprint density at radius 3 is 2.90 bits per heavy atom. The number of hydrogen-bond donors (Lipinski definition) is 1. The summed E-state index contributed by atoms with van der Waals surface area (Å²) in [6.07, 6.45) is 3.05. The number of anilines is 2. The summed E-state index contributed by atoms with van der Waals surface area (Å²) in [4.78, 5) is 4.57. The van der Waals surface area contributed by atoms with Crippen molar-refractivity contribution in [1.82, 2.24) is 9.55 Å². The second-order valence-corrected chi connectivity index (χ2v) is 5.95. The van der Waals surface area contributed by atoms with E-state index in [2.05, 4.69) is 56.1 Å². The van der Waals surface area contributed by atoms with Crippen LogP contribution in [0.3, 0.4) is 0 Å². The number of imidazole rings is 1. The van der Waals surface area contributed by atoms with Gasteiger partial charge in [0.15, 0.2) is 0 Å². The number of ether oxygens (including phenoxy) is 1. The summed E-state index contributed by atoms with van der Waals surface area (Å²) in [5, 5.41) is 3.42. The van der Waals surface area contributed by atoms with Gasteiger partial charge in [-0.2, -0.15) is 0 Å². The van der Waals surface area contributed by atoms with Gasteiger partial charge in [-0.15, -0.1) is 0 Å². The van der Waals surface area contributed by atoms with Crippen molar-refractivity contribution >= 4 is 27.6 Å². The molecule has 0 aliphatic heterocycles. The van der Waals surface area contributed by atoms with Crippen LogP contribution in [-0.4, -0.2) is 22.8 Å². The Labute approximate surface area is 134 Å². The van der Waals surface area contributed by atoms with Crippen molar-refractivity contribution in [2.75, 3.05) is 18.5 Å². The third kappa shape index (κ3) is 4.58. The molecule has 0 radical (unpaired) electrons. The van der Waals surface area contributed by atoms with Gasteiger partial charge in [-0.1, -0.05) is 22.0 Å². The number of nitrogens with zero attached hydrogens (tertiary/aromatic N) is 2. The minimum atomic E-state index is 0.769. The Kier molecular flexibility index (Phi) is 5.82. The van der Waals surface area contributed by atoms with Crippen LogP contribution >= 0.6 is 15.9 Å². The first-order chi connectivity index (χ1) is 10.1. The average Bonchev–Trinajstić information content (AvgIpc) is 2.79. The SMILES string of the molecule is CCOCCCn1cc(C)nc1Nc1cc(Br)ccc1C. The minimum Gasteiger partial charge on any atom is -0.382 e. The number of halogens is 1. The van der Waals surface area contributed by atoms with Crippen LogP contribution in [0.1, 0.15) is 24.6 Å². The molecule has 0 fully saturated rings. The third-order valence-electron chi connectivity index (χ3n) is 3.23. The zero-order valence-electron chi connectivity index (χ0n) is 12.8. The summed E-state index contributed by atoms with van der Waals surface area (Å²) in [6.45, 7) is 8.57. The van der Waals surface area contributed by atoms with Crippen molar-refractivity contribution in [3.63, 3.8) is 0 Å². The standard InChI is InChI=1S/C16H22BrN3O/c1-4-21-9-5-8-20-11-13(3)18-16(20)19-15-10-14(17)7-6-12(15)2/h6-7,10-11H,4-5,8-9H2,1-3H3,(H,18,19). The van der Waals surface area contributed by atoms with Crippen molar-refractivity contribution < 1.29 is 4.74 Å². The lowest BCUT2D eigenvalue weighted by molar-refractivity contribution is 0.142. The van der Waals surface area contributed by atoms with Gasteiger partial charge in [0.05, 0.1) is 5.69 Å². The number of aromatic nitrogens is 2. The summed E-state index contributed by atoms with van der Waals surface area (Å²) in [6, 6.07) is 6.20. The highest BCUT2D eigenvalue weighted by Crippen LogP contribution is 2.24. The highest BCUT2D eigenvalue weighted by atomic mass is 79.9. The maximum absolute atomic E-state index is 5.39. The molecule has 1 aromatic carbocycles. The summed E-state index contributed by atoms with van der Waals surface area (Å²) >= 11 is 3.51. The fraction of sp³-hybridized carbons (Fsp3) is 0.438. The van der Waals surface area contributed by atoms with Gasteiger partial charge in [-0.05, 0) is 44.9 Å². The Balaban J connectivity index is 2.10. The van der Waals surface area contributed by atoms with Gasteiger partial charge in [-0.3, -0.25) is 0 Å². The fourth-order valence-corrected chi connectivity index (χ4v) is 2.51. The van der Waals surface area contributed by atoms with Crippen molar-refractivity contribution in [2.24, 2.45) is 0 Å². The quantitative estimate of drug-likeness (QED) is 0.749. The second kappa shape index (κ2) is 7.61.